The van der Waals surface area contributed by atoms with Crippen molar-refractivity contribution in [2.24, 2.45) is 0 Å². The molecule has 8 rings (SSSR count). The average Bonchev–Trinajstić information content (AvgIpc) is 3.76. The largest absolute Gasteiger partial charge is 0.0722 e. The van der Waals surface area contributed by atoms with E-state index in [1.165, 1.54) is 83.0 Å². The fraction of sp³-hybridized carbons (Fsp3) is 0.333. The molecular formula is C42H44Si. The van der Waals surface area contributed by atoms with Gasteiger partial charge in [-0.3, -0.25) is 0 Å². The van der Waals surface area contributed by atoms with Crippen LogP contribution in [0.1, 0.15) is 93.4 Å². The Morgan fingerprint density at radius 3 is 1.33 bits per heavy atom. The maximum atomic E-state index is 2.71. The molecule has 0 saturated carbocycles. The fourth-order valence-corrected chi connectivity index (χ4v) is 14.6. The summed E-state index contributed by atoms with van der Waals surface area (Å²) in [6, 6.07) is 24.0. The van der Waals surface area contributed by atoms with Crippen LogP contribution in [0.4, 0.5) is 0 Å². The first-order valence-corrected chi connectivity index (χ1v) is 19.8. The van der Waals surface area contributed by atoms with Crippen LogP contribution in [0.15, 0.2) is 71.8 Å². The predicted molar refractivity (Wildman–Crippen MR) is 188 cm³/mol. The first-order chi connectivity index (χ1) is 20.7. The van der Waals surface area contributed by atoms with Gasteiger partial charge in [0.15, 0.2) is 0 Å². The lowest BCUT2D eigenvalue weighted by atomic mass is 9.89. The van der Waals surface area contributed by atoms with Gasteiger partial charge in [0.2, 0.25) is 0 Å². The molecule has 0 bridgehead atoms. The summed E-state index contributed by atoms with van der Waals surface area (Å²) in [4.78, 5) is 0. The predicted octanol–water partition coefficient (Wildman–Crippen LogP) is 11.1. The number of rotatable bonds is 4. The Morgan fingerprint density at radius 1 is 0.535 bits per heavy atom. The van der Waals surface area contributed by atoms with E-state index in [9.17, 15) is 0 Å². The average molecular weight is 577 g/mol. The van der Waals surface area contributed by atoms with Crippen molar-refractivity contribution in [3.05, 3.63) is 127 Å². The molecule has 216 valence electrons. The molecule has 0 aromatic heterocycles. The molecule has 2 unspecified atom stereocenters. The van der Waals surface area contributed by atoms with Crippen molar-refractivity contribution in [2.45, 2.75) is 90.4 Å². The molecule has 0 fully saturated rings. The van der Waals surface area contributed by atoms with Crippen LogP contribution in [0.3, 0.4) is 0 Å². The lowest BCUT2D eigenvalue weighted by Gasteiger charge is -2.39. The van der Waals surface area contributed by atoms with Gasteiger partial charge in [0.25, 0.3) is 0 Å². The van der Waals surface area contributed by atoms with Gasteiger partial charge in [0.1, 0.15) is 0 Å². The second-order valence-electron chi connectivity index (χ2n) is 14.7. The molecule has 4 aromatic carbocycles. The zero-order valence-electron chi connectivity index (χ0n) is 26.8. The van der Waals surface area contributed by atoms with E-state index in [0.29, 0.717) is 11.1 Å². The Balaban J connectivity index is 1.29. The highest BCUT2D eigenvalue weighted by Gasteiger charge is 2.48. The van der Waals surface area contributed by atoms with Crippen LogP contribution in [-0.2, 0) is 25.7 Å². The Bertz CT molecular complexity index is 1720. The molecule has 0 spiro atoms. The normalized spacial score (nSPS) is 20.0. The van der Waals surface area contributed by atoms with E-state index in [0.717, 1.165) is 0 Å². The minimum atomic E-state index is -1.93. The molecular weight excluding hydrogens is 533 g/mol. The van der Waals surface area contributed by atoms with Gasteiger partial charge < -0.3 is 0 Å². The topological polar surface area (TPSA) is 0 Å². The minimum absolute atomic E-state index is 0.535. The number of hydrogen-bond donors (Lipinski definition) is 0. The second-order valence-corrected chi connectivity index (χ2v) is 19.5. The molecule has 0 nitrogen and oxygen atoms in total. The highest BCUT2D eigenvalue weighted by Crippen LogP contribution is 2.56. The third kappa shape index (κ3) is 4.07. The van der Waals surface area contributed by atoms with Gasteiger partial charge >= 0.3 is 0 Å². The summed E-state index contributed by atoms with van der Waals surface area (Å²) in [5, 5.41) is 0. The number of hydrogen-bond acceptors (Lipinski definition) is 0. The van der Waals surface area contributed by atoms with E-state index in [1.54, 1.807) is 44.5 Å². The molecule has 0 radical (unpaired) electrons. The first kappa shape index (κ1) is 27.1. The smallest absolute Gasteiger partial charge is 0.0679 e. The zero-order valence-corrected chi connectivity index (χ0v) is 27.8. The molecule has 4 aromatic rings. The lowest BCUT2D eigenvalue weighted by Crippen LogP contribution is -2.42. The van der Waals surface area contributed by atoms with E-state index < -0.39 is 8.07 Å². The van der Waals surface area contributed by atoms with Gasteiger partial charge in [-0.05, 0) is 133 Å². The summed E-state index contributed by atoms with van der Waals surface area (Å²) >= 11 is 0. The Labute approximate surface area is 259 Å². The van der Waals surface area contributed by atoms with Crippen LogP contribution in [0.5, 0.6) is 0 Å². The van der Waals surface area contributed by atoms with E-state index in [4.69, 9.17) is 0 Å². The van der Waals surface area contributed by atoms with Crippen LogP contribution >= 0.6 is 0 Å². The molecule has 1 heteroatoms. The van der Waals surface area contributed by atoms with Gasteiger partial charge in [0.05, 0.1) is 8.07 Å². The number of aryl methyl sites for hydroxylation is 4. The summed E-state index contributed by atoms with van der Waals surface area (Å²) in [7, 11) is -1.93. The number of benzene rings is 4. The van der Waals surface area contributed by atoms with Crippen LogP contribution in [0, 0.1) is 13.8 Å². The third-order valence-electron chi connectivity index (χ3n) is 11.4. The van der Waals surface area contributed by atoms with Crippen LogP contribution in [0.25, 0.3) is 34.4 Å². The quantitative estimate of drug-likeness (QED) is 0.212. The lowest BCUT2D eigenvalue weighted by molar-refractivity contribution is 0.910. The molecule has 0 N–H and O–H groups in total. The molecule has 0 heterocycles. The van der Waals surface area contributed by atoms with E-state index in [-0.39, 0.29) is 0 Å². The van der Waals surface area contributed by atoms with Crippen molar-refractivity contribution in [2.75, 3.05) is 0 Å². The van der Waals surface area contributed by atoms with Gasteiger partial charge in [-0.25, -0.2) is 0 Å². The summed E-state index contributed by atoms with van der Waals surface area (Å²) in [6.07, 6.45) is 12.7. The van der Waals surface area contributed by atoms with Crippen LogP contribution < -0.4 is 0 Å². The van der Waals surface area contributed by atoms with Crippen molar-refractivity contribution in [3.8, 4) is 22.3 Å². The van der Waals surface area contributed by atoms with Crippen LogP contribution in [-0.4, -0.2) is 8.07 Å². The Morgan fingerprint density at radius 2 is 0.930 bits per heavy atom. The van der Waals surface area contributed by atoms with Gasteiger partial charge in [-0.1, -0.05) is 108 Å². The number of fused-ring (bicyclic) bond motifs is 4. The zero-order chi connectivity index (χ0) is 29.6. The maximum Gasteiger partial charge on any atom is 0.0722 e. The Kier molecular flexibility index (Phi) is 6.18. The van der Waals surface area contributed by atoms with E-state index in [2.05, 4.69) is 114 Å². The summed E-state index contributed by atoms with van der Waals surface area (Å²) in [5.74, 6) is 0. The SMILES string of the molecule is CC1=Cc2c(cc3c(c2-c2ccc(C)cc2)CCC3)C1[Si](C)(C)C1C(C)=Cc2c1cc1c(c2-c2ccc(C)cc2)CCC1. The monoisotopic (exact) mass is 576 g/mol. The molecule has 0 aliphatic heterocycles. The minimum Gasteiger partial charge on any atom is -0.0679 e. The van der Waals surface area contributed by atoms with Crippen LogP contribution in [0.2, 0.25) is 13.1 Å². The third-order valence-corrected chi connectivity index (χ3v) is 15.9. The van der Waals surface area contributed by atoms with Crippen molar-refractivity contribution in [1.82, 2.24) is 0 Å². The first-order valence-electron chi connectivity index (χ1n) is 16.6. The summed E-state index contributed by atoms with van der Waals surface area (Å²) in [6.45, 7) is 14.7. The van der Waals surface area contributed by atoms with Crippen molar-refractivity contribution < 1.29 is 0 Å². The highest BCUT2D eigenvalue weighted by atomic mass is 28.3. The summed E-state index contributed by atoms with van der Waals surface area (Å²) < 4.78 is 0. The van der Waals surface area contributed by atoms with E-state index in [1.807, 2.05) is 0 Å². The standard InChI is InChI=1S/C42H44Si/c1-25-13-17-29(18-14-25)39-33-11-7-9-31(33)23-37-35(39)21-27(3)41(37)43(5,6)42-28(4)22-36-38(42)24-32-10-8-12-34(32)40(36)30-19-15-26(2)16-20-30/h13-24,41-42H,7-12H2,1-6H3. The fourth-order valence-electron chi connectivity index (χ4n) is 9.71. The molecule has 4 aliphatic rings. The molecule has 0 saturated heterocycles. The maximum absolute atomic E-state index is 2.71. The second kappa shape index (κ2) is 9.79. The van der Waals surface area contributed by atoms with Crippen molar-refractivity contribution >= 4 is 20.2 Å². The van der Waals surface area contributed by atoms with Gasteiger partial charge in [0, 0.05) is 11.1 Å². The van der Waals surface area contributed by atoms with Crippen molar-refractivity contribution in [3.63, 3.8) is 0 Å². The molecule has 0 amide bonds. The number of allylic oxidation sites excluding steroid dienone is 2. The molecule has 43 heavy (non-hydrogen) atoms. The van der Waals surface area contributed by atoms with Crippen molar-refractivity contribution in [1.29, 1.82) is 0 Å². The van der Waals surface area contributed by atoms with Gasteiger partial charge in [-0.2, -0.15) is 0 Å². The molecule has 4 aliphatic carbocycles. The highest BCUT2D eigenvalue weighted by molar-refractivity contribution is 6.81. The Hall–Kier alpha value is -3.42. The van der Waals surface area contributed by atoms with Gasteiger partial charge in [-0.15, -0.1) is 0 Å². The van der Waals surface area contributed by atoms with E-state index >= 15 is 0 Å². The summed E-state index contributed by atoms with van der Waals surface area (Å²) in [5.41, 5.74) is 25.6. The molecule has 2 atom stereocenters.